The summed E-state index contributed by atoms with van der Waals surface area (Å²) in [6.45, 7) is 0. The van der Waals surface area contributed by atoms with Gasteiger partial charge in [-0.15, -0.1) is 0 Å². The highest BCUT2D eigenvalue weighted by Gasteiger charge is 2.20. The van der Waals surface area contributed by atoms with E-state index in [0.29, 0.717) is 5.56 Å². The molecule has 0 unspecified atom stereocenters. The highest BCUT2D eigenvalue weighted by molar-refractivity contribution is 7.92. The van der Waals surface area contributed by atoms with Crippen LogP contribution >= 0.6 is 23.2 Å². The van der Waals surface area contributed by atoms with Gasteiger partial charge in [0.15, 0.2) is 0 Å². The predicted octanol–water partition coefficient (Wildman–Crippen LogP) is 3.94. The summed E-state index contributed by atoms with van der Waals surface area (Å²) in [7, 11) is -3.44. The molecule has 0 aliphatic carbocycles. The molecule has 0 fully saturated rings. The molecule has 22 heavy (non-hydrogen) atoms. The Morgan fingerprint density at radius 3 is 2.36 bits per heavy atom. The molecule has 0 bridgehead atoms. The van der Waals surface area contributed by atoms with Crippen LogP contribution in [0, 0.1) is 10.1 Å². The molecule has 2 rings (SSSR count). The number of nitrogens with zero attached hydrogens (tertiary/aromatic N) is 1. The van der Waals surface area contributed by atoms with Crippen molar-refractivity contribution in [3.05, 3.63) is 56.6 Å². The number of nitrogens with one attached hydrogen (secondary N) is 1. The molecular weight excluding hydrogens is 351 g/mol. The van der Waals surface area contributed by atoms with E-state index < -0.39 is 14.9 Å². The van der Waals surface area contributed by atoms with E-state index in [9.17, 15) is 18.5 Å². The van der Waals surface area contributed by atoms with Crippen molar-refractivity contribution in [1.29, 1.82) is 0 Å². The maximum atomic E-state index is 11.2. The number of halogens is 2. The highest BCUT2D eigenvalue weighted by atomic mass is 35.5. The van der Waals surface area contributed by atoms with Gasteiger partial charge in [0.2, 0.25) is 10.0 Å². The van der Waals surface area contributed by atoms with Crippen molar-refractivity contribution in [2.45, 2.75) is 0 Å². The van der Waals surface area contributed by atoms with Gasteiger partial charge in [-0.1, -0.05) is 35.3 Å². The first-order valence-electron chi connectivity index (χ1n) is 5.89. The molecule has 0 atom stereocenters. The minimum absolute atomic E-state index is 0.143. The molecule has 0 saturated carbocycles. The van der Waals surface area contributed by atoms with Gasteiger partial charge in [-0.05, 0) is 18.2 Å². The summed E-state index contributed by atoms with van der Waals surface area (Å²) in [6.07, 6.45) is 1.01. The molecule has 6 nitrogen and oxygen atoms in total. The van der Waals surface area contributed by atoms with Crippen molar-refractivity contribution >= 4 is 44.6 Å². The standard InChI is InChI=1S/C13H10Cl2N2O4S/c1-22(20,21)16-8-5-6-9(11(15)7-8)13-10(14)3-2-4-12(13)17(18)19/h2-7,16H,1H3. The molecule has 0 aliphatic rings. The third-order valence-corrected chi connectivity index (χ3v) is 3.96. The topological polar surface area (TPSA) is 89.3 Å². The minimum Gasteiger partial charge on any atom is -0.284 e. The Hall–Kier alpha value is -1.83. The summed E-state index contributed by atoms with van der Waals surface area (Å²) in [4.78, 5) is 10.6. The second-order valence-corrected chi connectivity index (χ2v) is 7.02. The van der Waals surface area contributed by atoms with Gasteiger partial charge < -0.3 is 0 Å². The normalized spacial score (nSPS) is 11.2. The molecule has 0 heterocycles. The lowest BCUT2D eigenvalue weighted by molar-refractivity contribution is -0.384. The van der Waals surface area contributed by atoms with Crippen molar-refractivity contribution in [2.75, 3.05) is 11.0 Å². The molecule has 0 spiro atoms. The molecule has 0 aromatic heterocycles. The molecule has 2 aromatic rings. The Balaban J connectivity index is 2.58. The highest BCUT2D eigenvalue weighted by Crippen LogP contribution is 2.40. The van der Waals surface area contributed by atoms with Crippen LogP contribution in [0.2, 0.25) is 10.0 Å². The fourth-order valence-electron chi connectivity index (χ4n) is 1.93. The van der Waals surface area contributed by atoms with Crippen LogP contribution in [0.4, 0.5) is 11.4 Å². The average Bonchev–Trinajstić information content (AvgIpc) is 2.37. The van der Waals surface area contributed by atoms with E-state index >= 15 is 0 Å². The molecule has 9 heteroatoms. The Kier molecular flexibility index (Phi) is 4.60. The van der Waals surface area contributed by atoms with E-state index in [4.69, 9.17) is 23.2 Å². The maximum Gasteiger partial charge on any atom is 0.278 e. The number of sulfonamides is 1. The van der Waals surface area contributed by atoms with Gasteiger partial charge in [-0.3, -0.25) is 14.8 Å². The zero-order chi connectivity index (χ0) is 16.5. The number of hydrogen-bond donors (Lipinski definition) is 1. The zero-order valence-corrected chi connectivity index (χ0v) is 13.5. The maximum absolute atomic E-state index is 11.2. The van der Waals surface area contributed by atoms with Crippen molar-refractivity contribution in [3.63, 3.8) is 0 Å². The van der Waals surface area contributed by atoms with Gasteiger partial charge >= 0.3 is 0 Å². The van der Waals surface area contributed by atoms with Crippen LogP contribution in [-0.2, 0) is 10.0 Å². The van der Waals surface area contributed by atoms with Gasteiger partial charge in [-0.25, -0.2) is 8.42 Å². The van der Waals surface area contributed by atoms with Crippen LogP contribution < -0.4 is 4.72 Å². The van der Waals surface area contributed by atoms with Crippen LogP contribution in [0.1, 0.15) is 0 Å². The summed E-state index contributed by atoms with van der Waals surface area (Å²) in [5.41, 5.74) is 0.604. The number of nitro benzene ring substituents is 1. The van der Waals surface area contributed by atoms with Crippen LogP contribution in [0.5, 0.6) is 0 Å². The van der Waals surface area contributed by atoms with E-state index in [1.54, 1.807) is 0 Å². The number of benzene rings is 2. The minimum atomic E-state index is -3.44. The largest absolute Gasteiger partial charge is 0.284 e. The first kappa shape index (κ1) is 16.5. The van der Waals surface area contributed by atoms with E-state index in [1.165, 1.54) is 36.4 Å². The summed E-state index contributed by atoms with van der Waals surface area (Å²) in [5, 5.41) is 11.4. The van der Waals surface area contributed by atoms with Crippen LogP contribution in [-0.4, -0.2) is 19.6 Å². The smallest absolute Gasteiger partial charge is 0.278 e. The molecule has 0 radical (unpaired) electrons. The Labute approximate surface area is 136 Å². The summed E-state index contributed by atoms with van der Waals surface area (Å²) >= 11 is 12.2. The Bertz CT molecular complexity index is 853. The van der Waals surface area contributed by atoms with Crippen LogP contribution in [0.25, 0.3) is 11.1 Å². The van der Waals surface area contributed by atoms with E-state index in [0.717, 1.165) is 6.26 Å². The lowest BCUT2D eigenvalue weighted by Crippen LogP contribution is -2.09. The SMILES string of the molecule is CS(=O)(=O)Nc1ccc(-c2c(Cl)cccc2[N+](=O)[O-])c(Cl)c1. The first-order valence-corrected chi connectivity index (χ1v) is 8.54. The number of rotatable bonds is 4. The monoisotopic (exact) mass is 360 g/mol. The van der Waals surface area contributed by atoms with Crippen molar-refractivity contribution < 1.29 is 13.3 Å². The van der Waals surface area contributed by atoms with Gasteiger partial charge in [0.05, 0.1) is 26.8 Å². The third-order valence-electron chi connectivity index (χ3n) is 2.73. The molecule has 2 aromatic carbocycles. The molecule has 0 saturated heterocycles. The second kappa shape index (κ2) is 6.12. The number of anilines is 1. The third kappa shape index (κ3) is 3.68. The van der Waals surface area contributed by atoms with Crippen LogP contribution in [0.15, 0.2) is 36.4 Å². The van der Waals surface area contributed by atoms with Crippen LogP contribution in [0.3, 0.4) is 0 Å². The fourth-order valence-corrected chi connectivity index (χ4v) is 3.03. The quantitative estimate of drug-likeness (QED) is 0.660. The molecular formula is C13H10Cl2N2O4S. The van der Waals surface area contributed by atoms with Gasteiger partial charge in [0.25, 0.3) is 5.69 Å². The number of hydrogen-bond acceptors (Lipinski definition) is 4. The van der Waals surface area contributed by atoms with E-state index in [1.807, 2.05) is 0 Å². The zero-order valence-electron chi connectivity index (χ0n) is 11.2. The molecule has 1 N–H and O–H groups in total. The Morgan fingerprint density at radius 1 is 1.14 bits per heavy atom. The summed E-state index contributed by atoms with van der Waals surface area (Å²) in [5.74, 6) is 0. The lowest BCUT2D eigenvalue weighted by atomic mass is 10.0. The summed E-state index contributed by atoms with van der Waals surface area (Å²) < 4.78 is 24.7. The van der Waals surface area contributed by atoms with Crippen molar-refractivity contribution in [1.82, 2.24) is 0 Å². The molecule has 0 amide bonds. The van der Waals surface area contributed by atoms with E-state index in [2.05, 4.69) is 4.72 Å². The lowest BCUT2D eigenvalue weighted by Gasteiger charge is -2.10. The van der Waals surface area contributed by atoms with E-state index in [-0.39, 0.29) is 27.0 Å². The van der Waals surface area contributed by atoms with Gasteiger partial charge in [0.1, 0.15) is 0 Å². The molecule has 116 valence electrons. The van der Waals surface area contributed by atoms with Crippen molar-refractivity contribution in [2.24, 2.45) is 0 Å². The first-order chi connectivity index (χ1) is 10.2. The Morgan fingerprint density at radius 2 is 1.82 bits per heavy atom. The van der Waals surface area contributed by atoms with Crippen molar-refractivity contribution in [3.8, 4) is 11.1 Å². The predicted molar refractivity (Wildman–Crippen MR) is 87.0 cm³/mol. The second-order valence-electron chi connectivity index (χ2n) is 4.46. The number of nitro groups is 1. The molecule has 0 aliphatic heterocycles. The van der Waals surface area contributed by atoms with Gasteiger partial charge in [0, 0.05) is 17.3 Å². The fraction of sp³-hybridized carbons (Fsp3) is 0.0769. The van der Waals surface area contributed by atoms with Gasteiger partial charge in [-0.2, -0.15) is 0 Å². The summed E-state index contributed by atoms with van der Waals surface area (Å²) in [6, 6.07) is 8.60. The average molecular weight is 361 g/mol.